The second-order valence-corrected chi connectivity index (χ2v) is 5.49. The van der Waals surface area contributed by atoms with Crippen LogP contribution in [0.5, 0.6) is 0 Å². The third-order valence-electron chi connectivity index (χ3n) is 2.14. The molecule has 0 N–H and O–H groups in total. The summed E-state index contributed by atoms with van der Waals surface area (Å²) in [5, 5.41) is 0. The molecule has 0 bridgehead atoms. The van der Waals surface area contributed by atoms with E-state index in [1.807, 2.05) is 0 Å². The quantitative estimate of drug-likeness (QED) is 0.453. The third-order valence-corrected chi connectivity index (χ3v) is 3.27. The molecule has 0 saturated heterocycles. The maximum absolute atomic E-state index is 11.5. The Morgan fingerprint density at radius 2 is 1.71 bits per heavy atom. The molecule has 0 unspecified atom stereocenters. The minimum absolute atomic E-state index is 0.132. The van der Waals surface area contributed by atoms with E-state index < -0.39 is 21.6 Å². The van der Waals surface area contributed by atoms with Gasteiger partial charge in [-0.25, -0.2) is 8.42 Å². The van der Waals surface area contributed by atoms with Gasteiger partial charge < -0.3 is 4.74 Å². The van der Waals surface area contributed by atoms with E-state index in [9.17, 15) is 18.0 Å². The molecule has 0 saturated carbocycles. The fourth-order valence-electron chi connectivity index (χ4n) is 1.19. The highest BCUT2D eigenvalue weighted by atomic mass is 32.2. The summed E-state index contributed by atoms with van der Waals surface area (Å²) in [4.78, 5) is 22.5. The van der Waals surface area contributed by atoms with Crippen LogP contribution in [0, 0.1) is 0 Å². The van der Waals surface area contributed by atoms with Crippen LogP contribution in [0.25, 0.3) is 0 Å². The van der Waals surface area contributed by atoms with E-state index in [0.717, 1.165) is 6.26 Å². The predicted octanol–water partition coefficient (Wildman–Crippen LogP) is 0.836. The van der Waals surface area contributed by atoms with Crippen molar-refractivity contribution in [1.82, 2.24) is 0 Å². The Hall–Kier alpha value is -1.69. The Balaban J connectivity index is 2.88. The summed E-state index contributed by atoms with van der Waals surface area (Å²) in [6, 6.07) is 5.42. The fourth-order valence-corrected chi connectivity index (χ4v) is 1.82. The van der Waals surface area contributed by atoms with E-state index >= 15 is 0 Å². The molecule has 1 aromatic rings. The van der Waals surface area contributed by atoms with Gasteiger partial charge in [-0.2, -0.15) is 0 Å². The number of hydrogen-bond acceptors (Lipinski definition) is 5. The Bertz CT molecular complexity index is 527. The molecule has 0 heterocycles. The Labute approximate surface area is 99.3 Å². The molecule has 1 rings (SSSR count). The summed E-state index contributed by atoms with van der Waals surface area (Å²) in [6.45, 7) is 0. The number of methoxy groups -OCH3 is 1. The third kappa shape index (κ3) is 3.67. The Kier molecular flexibility index (Phi) is 4.01. The highest BCUT2D eigenvalue weighted by molar-refractivity contribution is 7.90. The first kappa shape index (κ1) is 13.4. The number of rotatable bonds is 4. The molecule has 92 valence electrons. The van der Waals surface area contributed by atoms with Crippen molar-refractivity contribution in [2.75, 3.05) is 13.4 Å². The first-order valence-electron chi connectivity index (χ1n) is 4.74. The van der Waals surface area contributed by atoms with Crippen molar-refractivity contribution in [2.45, 2.75) is 11.3 Å². The largest absolute Gasteiger partial charge is 0.469 e. The normalized spacial score (nSPS) is 10.9. The highest BCUT2D eigenvalue weighted by Gasteiger charge is 2.13. The minimum Gasteiger partial charge on any atom is -0.469 e. The average molecular weight is 256 g/mol. The van der Waals surface area contributed by atoms with Crippen LogP contribution in [0.1, 0.15) is 16.8 Å². The summed E-state index contributed by atoms with van der Waals surface area (Å²) in [7, 11) is -2.08. The molecule has 0 aromatic heterocycles. The van der Waals surface area contributed by atoms with Crippen LogP contribution in [0.2, 0.25) is 0 Å². The first-order valence-corrected chi connectivity index (χ1v) is 6.64. The standard InChI is InChI=1S/C11H12O5S/c1-16-11(13)7-10(12)8-3-5-9(6-4-8)17(2,14)15/h3-6H,7H2,1-2H3. The number of sulfone groups is 1. The highest BCUT2D eigenvalue weighted by Crippen LogP contribution is 2.11. The molecule has 17 heavy (non-hydrogen) atoms. The van der Waals surface area contributed by atoms with Gasteiger partial charge in [0.05, 0.1) is 12.0 Å². The number of hydrogen-bond donors (Lipinski definition) is 0. The summed E-state index contributed by atoms with van der Waals surface area (Å²) >= 11 is 0. The molecule has 0 amide bonds. The van der Waals surface area contributed by atoms with Crippen molar-refractivity contribution in [2.24, 2.45) is 0 Å². The van der Waals surface area contributed by atoms with Gasteiger partial charge in [-0.1, -0.05) is 12.1 Å². The number of benzene rings is 1. The van der Waals surface area contributed by atoms with Crippen LogP contribution in [0.4, 0.5) is 0 Å². The monoisotopic (exact) mass is 256 g/mol. The minimum atomic E-state index is -3.28. The lowest BCUT2D eigenvalue weighted by atomic mass is 10.1. The van der Waals surface area contributed by atoms with Crippen molar-refractivity contribution >= 4 is 21.6 Å². The van der Waals surface area contributed by atoms with Crippen molar-refractivity contribution in [3.63, 3.8) is 0 Å². The van der Waals surface area contributed by atoms with E-state index in [1.54, 1.807) is 0 Å². The Morgan fingerprint density at radius 1 is 1.18 bits per heavy atom. The molecule has 0 atom stereocenters. The molecule has 0 fully saturated rings. The molecular weight excluding hydrogens is 244 g/mol. The van der Waals surface area contributed by atoms with Gasteiger partial charge in [-0.3, -0.25) is 9.59 Å². The lowest BCUT2D eigenvalue weighted by Gasteiger charge is -2.01. The average Bonchev–Trinajstić information content (AvgIpc) is 2.27. The van der Waals surface area contributed by atoms with Gasteiger partial charge in [0.15, 0.2) is 15.6 Å². The van der Waals surface area contributed by atoms with E-state index in [4.69, 9.17) is 0 Å². The van der Waals surface area contributed by atoms with Gasteiger partial charge in [-0.15, -0.1) is 0 Å². The van der Waals surface area contributed by atoms with Crippen LogP contribution >= 0.6 is 0 Å². The molecule has 6 heteroatoms. The number of ether oxygens (including phenoxy) is 1. The van der Waals surface area contributed by atoms with Gasteiger partial charge in [0, 0.05) is 11.8 Å². The predicted molar refractivity (Wildman–Crippen MR) is 60.5 cm³/mol. The first-order chi connectivity index (χ1) is 7.84. The maximum atomic E-state index is 11.5. The van der Waals surface area contributed by atoms with E-state index in [1.165, 1.54) is 31.4 Å². The number of carbonyl (C=O) groups excluding carboxylic acids is 2. The van der Waals surface area contributed by atoms with E-state index in [0.29, 0.717) is 0 Å². The summed E-state index contributed by atoms with van der Waals surface area (Å²) < 4.78 is 26.7. The molecule has 0 aliphatic heterocycles. The molecule has 0 spiro atoms. The fraction of sp³-hybridized carbons (Fsp3) is 0.273. The van der Waals surface area contributed by atoms with Gasteiger partial charge in [0.1, 0.15) is 6.42 Å². The van der Waals surface area contributed by atoms with E-state index in [-0.39, 0.29) is 16.9 Å². The van der Waals surface area contributed by atoms with Gasteiger partial charge >= 0.3 is 5.97 Å². The molecule has 0 radical (unpaired) electrons. The number of Topliss-reactive ketones (excluding diaryl/α,β-unsaturated/α-hetero) is 1. The lowest BCUT2D eigenvalue weighted by molar-refractivity contribution is -0.139. The molecule has 5 nitrogen and oxygen atoms in total. The number of esters is 1. The van der Waals surface area contributed by atoms with Crippen molar-refractivity contribution < 1.29 is 22.7 Å². The van der Waals surface area contributed by atoms with Crippen molar-refractivity contribution in [3.05, 3.63) is 29.8 Å². The molecule has 1 aromatic carbocycles. The summed E-state index contributed by atoms with van der Waals surface area (Å²) in [6.07, 6.45) is 0.729. The van der Waals surface area contributed by atoms with Gasteiger partial charge in [0.25, 0.3) is 0 Å². The van der Waals surface area contributed by atoms with Crippen LogP contribution in [0.3, 0.4) is 0 Å². The van der Waals surface area contributed by atoms with Crippen LogP contribution in [0.15, 0.2) is 29.2 Å². The van der Waals surface area contributed by atoms with Crippen molar-refractivity contribution in [3.8, 4) is 0 Å². The molecule has 0 aliphatic carbocycles. The van der Waals surface area contributed by atoms with Gasteiger partial charge in [-0.05, 0) is 12.1 Å². The molecular formula is C11H12O5S. The van der Waals surface area contributed by atoms with Crippen LogP contribution in [-0.2, 0) is 19.4 Å². The van der Waals surface area contributed by atoms with Gasteiger partial charge in [0.2, 0.25) is 0 Å². The summed E-state index contributed by atoms with van der Waals surface area (Å²) in [5.41, 5.74) is 0.280. The zero-order chi connectivity index (χ0) is 13.1. The second kappa shape index (κ2) is 5.09. The number of ketones is 1. The topological polar surface area (TPSA) is 77.5 Å². The van der Waals surface area contributed by atoms with E-state index in [2.05, 4.69) is 4.74 Å². The molecule has 0 aliphatic rings. The number of carbonyl (C=O) groups is 2. The lowest BCUT2D eigenvalue weighted by Crippen LogP contribution is -2.09. The summed E-state index contributed by atoms with van der Waals surface area (Å²) in [5.74, 6) is -1.03. The zero-order valence-electron chi connectivity index (χ0n) is 9.47. The van der Waals surface area contributed by atoms with Crippen LogP contribution < -0.4 is 0 Å². The van der Waals surface area contributed by atoms with Crippen LogP contribution in [-0.4, -0.2) is 33.5 Å². The van der Waals surface area contributed by atoms with Crippen molar-refractivity contribution in [1.29, 1.82) is 0 Å². The smallest absolute Gasteiger partial charge is 0.313 e. The maximum Gasteiger partial charge on any atom is 0.313 e. The SMILES string of the molecule is COC(=O)CC(=O)c1ccc(S(C)(=O)=O)cc1. The Morgan fingerprint density at radius 3 is 2.12 bits per heavy atom. The second-order valence-electron chi connectivity index (χ2n) is 3.47. The zero-order valence-corrected chi connectivity index (χ0v) is 10.3.